The predicted molar refractivity (Wildman–Crippen MR) is 159 cm³/mol. The molecular formula is C27H46N4O5S2. The molecule has 4 atom stereocenters. The molecule has 38 heavy (non-hydrogen) atoms. The number of carbonyl (C=O) groups excluding carboxylic acids is 1. The number of aliphatic imine (C=N–C) groups is 1. The molecule has 216 valence electrons. The van der Waals surface area contributed by atoms with Gasteiger partial charge in [-0.1, -0.05) is 25.6 Å². The van der Waals surface area contributed by atoms with Crippen LogP contribution in [0.2, 0.25) is 0 Å². The summed E-state index contributed by atoms with van der Waals surface area (Å²) >= 11 is 1.45. The first-order valence-corrected chi connectivity index (χ1v) is 15.5. The lowest BCUT2D eigenvalue weighted by atomic mass is 9.92. The number of rotatable bonds is 13. The van der Waals surface area contributed by atoms with E-state index >= 15 is 0 Å². The summed E-state index contributed by atoms with van der Waals surface area (Å²) in [5, 5.41) is 16.4. The van der Waals surface area contributed by atoms with Crippen LogP contribution in [-0.4, -0.2) is 67.3 Å². The molecule has 4 N–H and O–H groups in total. The molecule has 0 spiro atoms. The van der Waals surface area contributed by atoms with E-state index in [2.05, 4.69) is 21.9 Å². The summed E-state index contributed by atoms with van der Waals surface area (Å²) < 4.78 is 33.7. The summed E-state index contributed by atoms with van der Waals surface area (Å²) in [5.41, 5.74) is 0.789. The maximum absolute atomic E-state index is 12.9. The number of nitrogens with zero attached hydrogens (tertiary/aromatic N) is 1. The van der Waals surface area contributed by atoms with Gasteiger partial charge in [-0.25, -0.2) is 17.9 Å². The van der Waals surface area contributed by atoms with E-state index in [0.717, 1.165) is 10.6 Å². The van der Waals surface area contributed by atoms with Gasteiger partial charge < -0.3 is 15.2 Å². The molecule has 0 aliphatic heterocycles. The molecule has 2 unspecified atom stereocenters. The van der Waals surface area contributed by atoms with Crippen LogP contribution in [0.15, 0.2) is 40.7 Å². The van der Waals surface area contributed by atoms with Crippen molar-refractivity contribution >= 4 is 38.6 Å². The lowest BCUT2D eigenvalue weighted by Crippen LogP contribution is -2.43. The number of aliphatic hydroxyl groups excluding tert-OH is 1. The number of anilines is 1. The van der Waals surface area contributed by atoms with Gasteiger partial charge in [0.2, 0.25) is 10.0 Å². The maximum Gasteiger partial charge on any atom is 0.411 e. The largest absolute Gasteiger partial charge is 0.447 e. The van der Waals surface area contributed by atoms with E-state index in [-0.39, 0.29) is 29.4 Å². The van der Waals surface area contributed by atoms with Crippen LogP contribution in [0.1, 0.15) is 67.4 Å². The second-order valence-corrected chi connectivity index (χ2v) is 13.4. The van der Waals surface area contributed by atoms with Crippen LogP contribution in [0.25, 0.3) is 0 Å². The second-order valence-electron chi connectivity index (χ2n) is 10.9. The van der Waals surface area contributed by atoms with Crippen molar-refractivity contribution in [3.63, 3.8) is 0 Å². The first-order chi connectivity index (χ1) is 17.4. The zero-order valence-electron chi connectivity index (χ0n) is 24.2. The Morgan fingerprint density at radius 3 is 2.18 bits per heavy atom. The van der Waals surface area contributed by atoms with Crippen LogP contribution in [0.5, 0.6) is 0 Å². The topological polar surface area (TPSA) is 129 Å². The molecule has 0 aliphatic carbocycles. The molecule has 0 fully saturated rings. The normalized spacial score (nSPS) is 16.0. The van der Waals surface area contributed by atoms with Crippen molar-refractivity contribution in [1.29, 1.82) is 0 Å². The summed E-state index contributed by atoms with van der Waals surface area (Å²) in [6.45, 7) is 18.9. The van der Waals surface area contributed by atoms with Gasteiger partial charge in [-0.3, -0.25) is 10.3 Å². The number of aliphatic hydroxyl groups is 1. The van der Waals surface area contributed by atoms with Gasteiger partial charge in [0, 0.05) is 35.8 Å². The molecule has 1 rings (SSSR count). The number of ether oxygens (including phenoxy) is 1. The van der Waals surface area contributed by atoms with Crippen molar-refractivity contribution < 1.29 is 23.1 Å². The number of thioether (sulfide) groups is 1. The third-order valence-electron chi connectivity index (χ3n) is 5.59. The van der Waals surface area contributed by atoms with Gasteiger partial charge in [0.1, 0.15) is 0 Å². The minimum Gasteiger partial charge on any atom is -0.447 e. The second kappa shape index (κ2) is 15.0. The zero-order chi connectivity index (χ0) is 29.3. The van der Waals surface area contributed by atoms with Crippen molar-refractivity contribution in [3.05, 3.63) is 41.3 Å². The molecule has 0 saturated heterocycles. The van der Waals surface area contributed by atoms with Gasteiger partial charge in [0.05, 0.1) is 28.2 Å². The van der Waals surface area contributed by atoms with E-state index in [0.29, 0.717) is 12.2 Å². The average molecular weight is 571 g/mol. The Bertz CT molecular complexity index is 1050. The highest BCUT2D eigenvalue weighted by Crippen LogP contribution is 2.26. The van der Waals surface area contributed by atoms with Gasteiger partial charge in [-0.15, -0.1) is 11.8 Å². The average Bonchev–Trinajstić information content (AvgIpc) is 2.78. The lowest BCUT2D eigenvalue weighted by Gasteiger charge is -2.29. The Labute approximate surface area is 233 Å². The Balaban J connectivity index is 3.28. The molecule has 0 heterocycles. The monoisotopic (exact) mass is 570 g/mol. The lowest BCUT2D eigenvalue weighted by molar-refractivity contribution is 0.130. The van der Waals surface area contributed by atoms with Gasteiger partial charge >= 0.3 is 6.09 Å². The number of nitrogens with one attached hydrogen (secondary N) is 3. The fraction of sp³-hybridized carbons (Fsp3) is 0.630. The molecule has 1 amide bonds. The molecule has 1 aromatic carbocycles. The number of amides is 1. The highest BCUT2D eigenvalue weighted by atomic mass is 32.2. The summed E-state index contributed by atoms with van der Waals surface area (Å²) in [6.07, 6.45) is 0.789. The highest BCUT2D eigenvalue weighted by Gasteiger charge is 2.29. The molecule has 0 bridgehead atoms. The maximum atomic E-state index is 12.9. The fourth-order valence-corrected chi connectivity index (χ4v) is 5.45. The predicted octanol–water partition coefficient (Wildman–Crippen LogP) is 4.74. The van der Waals surface area contributed by atoms with Gasteiger partial charge in [0.15, 0.2) is 0 Å². The third kappa shape index (κ3) is 12.3. The first kappa shape index (κ1) is 34.1. The number of hydrogen-bond acceptors (Lipinski definition) is 8. The van der Waals surface area contributed by atoms with Gasteiger partial charge in [-0.05, 0) is 72.8 Å². The number of sulfonamides is 1. The quantitative estimate of drug-likeness (QED) is 0.199. The van der Waals surface area contributed by atoms with Crippen molar-refractivity contribution in [1.82, 2.24) is 10.0 Å². The van der Waals surface area contributed by atoms with Crippen LogP contribution >= 0.6 is 11.8 Å². The van der Waals surface area contributed by atoms with Crippen LogP contribution in [0, 0.1) is 5.92 Å². The van der Waals surface area contributed by atoms with E-state index < -0.39 is 33.8 Å². The Morgan fingerprint density at radius 2 is 1.71 bits per heavy atom. The van der Waals surface area contributed by atoms with E-state index in [4.69, 9.17) is 9.73 Å². The Hall–Kier alpha value is -1.92. The molecule has 11 heteroatoms. The molecule has 0 aromatic heterocycles. The van der Waals surface area contributed by atoms with Crippen LogP contribution < -0.4 is 15.4 Å². The zero-order valence-corrected chi connectivity index (χ0v) is 25.8. The van der Waals surface area contributed by atoms with Crippen LogP contribution in [0.3, 0.4) is 0 Å². The molecular weight excluding hydrogens is 524 g/mol. The van der Waals surface area contributed by atoms with Crippen molar-refractivity contribution in [3.8, 4) is 0 Å². The summed E-state index contributed by atoms with van der Waals surface area (Å²) in [5.74, 6) is -0.0794. The molecule has 0 aliphatic rings. The van der Waals surface area contributed by atoms with Gasteiger partial charge in [0.25, 0.3) is 0 Å². The number of carbonyl (C=O) groups is 1. The minimum atomic E-state index is -3.76. The van der Waals surface area contributed by atoms with Gasteiger partial charge in [-0.2, -0.15) is 0 Å². The standard InChI is InChI=1S/C27H46N4O5S2/c1-17(2)36-26(33)29-23-13-11-22(12-14-23)25(37-10)30-24(20(5)21(6)28-16-18(3)32)15-19(4)38(34,35)31-27(7,8)9/h11-14,17-18,20-21,24,28,31-32H,4,15-16H2,1-3,5-10H3,(H,29,33)/t18?,20-,21?,24-/m1/s1. The SMILES string of the molecule is C=C(C[C@@H](N=C(SC)c1ccc(NC(=O)OC(C)C)cc1)[C@H](C)C(C)NCC(C)O)S(=O)(=O)NC(C)(C)C. The molecule has 0 radical (unpaired) electrons. The van der Waals surface area contributed by atoms with E-state index in [1.54, 1.807) is 53.7 Å². The molecule has 0 saturated carbocycles. The van der Waals surface area contributed by atoms with Crippen LogP contribution in [0.4, 0.5) is 10.5 Å². The van der Waals surface area contributed by atoms with Crippen molar-refractivity contribution in [2.45, 2.75) is 91.6 Å². The summed E-state index contributed by atoms with van der Waals surface area (Å²) in [6, 6.07) is 6.78. The van der Waals surface area contributed by atoms with Crippen molar-refractivity contribution in [2.24, 2.45) is 10.9 Å². The summed E-state index contributed by atoms with van der Waals surface area (Å²) in [4.78, 5) is 17.0. The van der Waals surface area contributed by atoms with Crippen molar-refractivity contribution in [2.75, 3.05) is 18.1 Å². The van der Waals surface area contributed by atoms with Crippen LogP contribution in [-0.2, 0) is 14.8 Å². The number of benzene rings is 1. The Morgan fingerprint density at radius 1 is 1.13 bits per heavy atom. The molecule has 9 nitrogen and oxygen atoms in total. The van der Waals surface area contributed by atoms with E-state index in [1.165, 1.54) is 11.8 Å². The number of hydrogen-bond donors (Lipinski definition) is 4. The molecule has 1 aromatic rings. The van der Waals surface area contributed by atoms with E-state index in [9.17, 15) is 18.3 Å². The third-order valence-corrected chi connectivity index (χ3v) is 8.12. The first-order valence-electron chi connectivity index (χ1n) is 12.8. The highest BCUT2D eigenvalue weighted by molar-refractivity contribution is 8.13. The smallest absolute Gasteiger partial charge is 0.411 e. The van der Waals surface area contributed by atoms with E-state index in [1.807, 2.05) is 32.2 Å². The fourth-order valence-electron chi connectivity index (χ4n) is 3.50. The minimum absolute atomic E-state index is 0.0499. The Kier molecular flexibility index (Phi) is 13.5. The summed E-state index contributed by atoms with van der Waals surface area (Å²) in [7, 11) is -3.76.